The third-order valence-electron chi connectivity index (χ3n) is 3.14. The van der Waals surface area contributed by atoms with Gasteiger partial charge in [-0.1, -0.05) is 58.4 Å². The van der Waals surface area contributed by atoms with Gasteiger partial charge in [-0.3, -0.25) is 0 Å². The SMILES string of the molecule is CC(Br)c1ccc(-c2cnn(-c3ccccc3)n2)cc1. The lowest BCUT2D eigenvalue weighted by molar-refractivity contribution is 0.754. The molecule has 0 aliphatic heterocycles. The first-order chi connectivity index (χ1) is 9.74. The van der Waals surface area contributed by atoms with Crippen LogP contribution in [0.15, 0.2) is 60.8 Å². The first-order valence-corrected chi connectivity index (χ1v) is 7.38. The minimum Gasteiger partial charge on any atom is -0.156 e. The smallest absolute Gasteiger partial charge is 0.113 e. The van der Waals surface area contributed by atoms with E-state index in [4.69, 9.17) is 0 Å². The molecule has 1 atom stereocenters. The van der Waals surface area contributed by atoms with Crippen molar-refractivity contribution in [2.24, 2.45) is 0 Å². The molecule has 0 spiro atoms. The summed E-state index contributed by atoms with van der Waals surface area (Å²) in [6, 6.07) is 18.3. The Labute approximate surface area is 126 Å². The van der Waals surface area contributed by atoms with Crippen molar-refractivity contribution >= 4 is 15.9 Å². The summed E-state index contributed by atoms with van der Waals surface area (Å²) >= 11 is 3.57. The van der Waals surface area contributed by atoms with Crippen LogP contribution in [0.3, 0.4) is 0 Å². The van der Waals surface area contributed by atoms with Crippen LogP contribution in [0.1, 0.15) is 17.3 Å². The van der Waals surface area contributed by atoms with E-state index in [0.717, 1.165) is 16.9 Å². The third kappa shape index (κ3) is 2.65. The van der Waals surface area contributed by atoms with Crippen molar-refractivity contribution in [3.05, 3.63) is 66.4 Å². The van der Waals surface area contributed by atoms with E-state index in [9.17, 15) is 0 Å². The summed E-state index contributed by atoms with van der Waals surface area (Å²) in [6.07, 6.45) is 1.79. The molecule has 1 aromatic heterocycles. The Hall–Kier alpha value is -1.94. The molecule has 20 heavy (non-hydrogen) atoms. The number of aromatic nitrogens is 3. The van der Waals surface area contributed by atoms with E-state index in [1.807, 2.05) is 30.3 Å². The summed E-state index contributed by atoms with van der Waals surface area (Å²) in [5, 5.41) is 8.84. The normalized spacial score (nSPS) is 12.3. The summed E-state index contributed by atoms with van der Waals surface area (Å²) < 4.78 is 0. The van der Waals surface area contributed by atoms with Crippen LogP contribution in [0.2, 0.25) is 0 Å². The van der Waals surface area contributed by atoms with Crippen LogP contribution >= 0.6 is 15.9 Å². The molecular weight excluding hydrogens is 314 g/mol. The van der Waals surface area contributed by atoms with Crippen molar-refractivity contribution in [3.8, 4) is 16.9 Å². The van der Waals surface area contributed by atoms with E-state index in [1.165, 1.54) is 5.56 Å². The lowest BCUT2D eigenvalue weighted by atomic mass is 10.1. The molecule has 4 heteroatoms. The molecule has 100 valence electrons. The maximum Gasteiger partial charge on any atom is 0.113 e. The molecule has 1 heterocycles. The fraction of sp³-hybridized carbons (Fsp3) is 0.125. The van der Waals surface area contributed by atoms with Gasteiger partial charge < -0.3 is 0 Å². The van der Waals surface area contributed by atoms with Gasteiger partial charge in [0.15, 0.2) is 0 Å². The Bertz CT molecular complexity index is 687. The average Bonchev–Trinajstić information content (AvgIpc) is 2.98. The van der Waals surface area contributed by atoms with Gasteiger partial charge in [0.05, 0.1) is 11.9 Å². The Morgan fingerprint density at radius 2 is 1.70 bits per heavy atom. The molecule has 0 aliphatic carbocycles. The van der Waals surface area contributed by atoms with Gasteiger partial charge in [-0.25, -0.2) is 0 Å². The van der Waals surface area contributed by atoms with Gasteiger partial charge >= 0.3 is 0 Å². The Balaban J connectivity index is 1.90. The number of alkyl halides is 1. The molecule has 0 saturated heterocycles. The highest BCUT2D eigenvalue weighted by molar-refractivity contribution is 9.09. The van der Waals surface area contributed by atoms with Crippen molar-refractivity contribution in [3.63, 3.8) is 0 Å². The van der Waals surface area contributed by atoms with E-state index < -0.39 is 0 Å². The first kappa shape index (κ1) is 13.1. The average molecular weight is 328 g/mol. The topological polar surface area (TPSA) is 30.7 Å². The second kappa shape index (κ2) is 5.59. The lowest BCUT2D eigenvalue weighted by Gasteiger charge is -2.03. The number of para-hydroxylation sites is 1. The van der Waals surface area contributed by atoms with Crippen molar-refractivity contribution in [2.75, 3.05) is 0 Å². The molecule has 0 bridgehead atoms. The highest BCUT2D eigenvalue weighted by Gasteiger charge is 2.06. The molecule has 0 N–H and O–H groups in total. The zero-order chi connectivity index (χ0) is 13.9. The molecule has 0 saturated carbocycles. The zero-order valence-electron chi connectivity index (χ0n) is 11.1. The van der Waals surface area contributed by atoms with Gasteiger partial charge in [0, 0.05) is 10.4 Å². The van der Waals surface area contributed by atoms with E-state index in [1.54, 1.807) is 11.0 Å². The number of hydrogen-bond donors (Lipinski definition) is 0. The van der Waals surface area contributed by atoms with Gasteiger partial charge in [0.1, 0.15) is 5.69 Å². The second-order valence-electron chi connectivity index (χ2n) is 4.59. The van der Waals surface area contributed by atoms with Crippen LogP contribution < -0.4 is 0 Å². The third-order valence-corrected chi connectivity index (χ3v) is 3.67. The molecule has 0 amide bonds. The molecule has 0 aliphatic rings. The van der Waals surface area contributed by atoms with Crippen LogP contribution in [0.25, 0.3) is 16.9 Å². The zero-order valence-corrected chi connectivity index (χ0v) is 12.7. The highest BCUT2D eigenvalue weighted by Crippen LogP contribution is 2.24. The van der Waals surface area contributed by atoms with E-state index in [0.29, 0.717) is 4.83 Å². The maximum atomic E-state index is 4.52. The van der Waals surface area contributed by atoms with Gasteiger partial charge in [-0.2, -0.15) is 9.90 Å². The van der Waals surface area contributed by atoms with Crippen LogP contribution in [-0.4, -0.2) is 15.0 Å². The molecular formula is C16H14BrN3. The van der Waals surface area contributed by atoms with Crippen molar-refractivity contribution in [2.45, 2.75) is 11.8 Å². The summed E-state index contributed by atoms with van der Waals surface area (Å²) in [7, 11) is 0. The standard InChI is InChI=1S/C16H14BrN3/c1-12(17)13-7-9-14(10-8-13)16-11-18-20(19-16)15-5-3-2-4-6-15/h2-12H,1H3. The van der Waals surface area contributed by atoms with Crippen LogP contribution in [0.5, 0.6) is 0 Å². The van der Waals surface area contributed by atoms with Crippen LogP contribution in [0.4, 0.5) is 0 Å². The predicted octanol–water partition coefficient (Wildman–Crippen LogP) is 4.39. The maximum absolute atomic E-state index is 4.52. The van der Waals surface area contributed by atoms with Crippen molar-refractivity contribution in [1.29, 1.82) is 0 Å². The highest BCUT2D eigenvalue weighted by atomic mass is 79.9. The monoisotopic (exact) mass is 327 g/mol. The van der Waals surface area contributed by atoms with Gasteiger partial charge in [0.2, 0.25) is 0 Å². The van der Waals surface area contributed by atoms with E-state index >= 15 is 0 Å². The van der Waals surface area contributed by atoms with Crippen LogP contribution in [0, 0.1) is 0 Å². The van der Waals surface area contributed by atoms with Gasteiger partial charge in [-0.05, 0) is 24.6 Å². The summed E-state index contributed by atoms with van der Waals surface area (Å²) in [5.74, 6) is 0. The Morgan fingerprint density at radius 1 is 1.00 bits per heavy atom. The number of halogens is 1. The molecule has 1 unspecified atom stereocenters. The number of rotatable bonds is 3. The van der Waals surface area contributed by atoms with Gasteiger partial charge in [-0.15, -0.1) is 5.10 Å². The Morgan fingerprint density at radius 3 is 2.35 bits per heavy atom. The molecule has 3 aromatic rings. The quantitative estimate of drug-likeness (QED) is 0.668. The number of benzene rings is 2. The molecule has 3 rings (SSSR count). The molecule has 3 nitrogen and oxygen atoms in total. The Kier molecular flexibility index (Phi) is 3.65. The number of nitrogens with zero attached hydrogens (tertiary/aromatic N) is 3. The summed E-state index contributed by atoms with van der Waals surface area (Å²) in [4.78, 5) is 2.01. The largest absolute Gasteiger partial charge is 0.156 e. The second-order valence-corrected chi connectivity index (χ2v) is 5.97. The van der Waals surface area contributed by atoms with E-state index in [-0.39, 0.29) is 0 Å². The minimum atomic E-state index is 0.358. The van der Waals surface area contributed by atoms with Crippen LogP contribution in [-0.2, 0) is 0 Å². The fourth-order valence-corrected chi connectivity index (χ4v) is 2.31. The summed E-state index contributed by atoms with van der Waals surface area (Å²) in [5.41, 5.74) is 4.17. The molecule has 2 aromatic carbocycles. The van der Waals surface area contributed by atoms with Gasteiger partial charge in [0.25, 0.3) is 0 Å². The van der Waals surface area contributed by atoms with Crippen molar-refractivity contribution < 1.29 is 0 Å². The number of hydrogen-bond acceptors (Lipinski definition) is 2. The first-order valence-electron chi connectivity index (χ1n) is 6.46. The minimum absolute atomic E-state index is 0.358. The summed E-state index contributed by atoms with van der Waals surface area (Å²) in [6.45, 7) is 2.11. The fourth-order valence-electron chi connectivity index (χ4n) is 2.00. The van der Waals surface area contributed by atoms with Crippen molar-refractivity contribution in [1.82, 2.24) is 15.0 Å². The lowest BCUT2D eigenvalue weighted by Crippen LogP contribution is -1.97. The molecule has 0 radical (unpaired) electrons. The van der Waals surface area contributed by atoms with E-state index in [2.05, 4.69) is 57.3 Å². The molecule has 0 fully saturated rings. The predicted molar refractivity (Wildman–Crippen MR) is 84.1 cm³/mol.